The zero-order valence-electron chi connectivity index (χ0n) is 11.0. The number of esters is 1. The van der Waals surface area contributed by atoms with Crippen LogP contribution in [0.15, 0.2) is 12.2 Å². The fourth-order valence-electron chi connectivity index (χ4n) is 3.35. The van der Waals surface area contributed by atoms with E-state index >= 15 is 0 Å². The molecule has 0 amide bonds. The number of carbonyl (C=O) groups excluding carboxylic acids is 2. The van der Waals surface area contributed by atoms with E-state index in [1.807, 2.05) is 0 Å². The van der Waals surface area contributed by atoms with Crippen molar-refractivity contribution in [2.24, 2.45) is 16.7 Å². The highest BCUT2D eigenvalue weighted by Gasteiger charge is 2.66. The Kier molecular flexibility index (Phi) is 2.49. The van der Waals surface area contributed by atoms with Crippen molar-refractivity contribution in [3.8, 4) is 0 Å². The molecule has 0 N–H and O–H groups in total. The third kappa shape index (κ3) is 1.48. The molecular formula is C14H20O3. The van der Waals surface area contributed by atoms with Crippen LogP contribution in [0.4, 0.5) is 0 Å². The topological polar surface area (TPSA) is 43.4 Å². The van der Waals surface area contributed by atoms with Crippen molar-refractivity contribution in [2.45, 2.75) is 46.6 Å². The molecule has 0 unspecified atom stereocenters. The van der Waals surface area contributed by atoms with Crippen LogP contribution in [-0.4, -0.2) is 17.9 Å². The van der Waals surface area contributed by atoms with Gasteiger partial charge in [0.2, 0.25) is 0 Å². The Morgan fingerprint density at radius 3 is 2.35 bits per heavy atom. The number of fused-ring (bicyclic) bond motifs is 2. The number of hydrogen-bond acceptors (Lipinski definition) is 3. The first-order valence-electron chi connectivity index (χ1n) is 6.09. The predicted octanol–water partition coefficient (Wildman–Crippen LogP) is 2.50. The van der Waals surface area contributed by atoms with E-state index in [4.69, 9.17) is 4.74 Å². The average Bonchev–Trinajstić information content (AvgIpc) is 2.47. The third-order valence-corrected chi connectivity index (χ3v) is 5.03. The Labute approximate surface area is 102 Å². The molecule has 0 radical (unpaired) electrons. The monoisotopic (exact) mass is 236 g/mol. The Morgan fingerprint density at radius 2 is 2.00 bits per heavy atom. The molecule has 0 heterocycles. The van der Waals surface area contributed by atoms with Gasteiger partial charge in [-0.3, -0.25) is 4.79 Å². The zero-order valence-corrected chi connectivity index (χ0v) is 11.0. The van der Waals surface area contributed by atoms with Crippen molar-refractivity contribution in [3.05, 3.63) is 12.2 Å². The van der Waals surface area contributed by atoms with Crippen molar-refractivity contribution < 1.29 is 14.3 Å². The fraction of sp³-hybridized carbons (Fsp3) is 0.714. The number of rotatable bonds is 2. The van der Waals surface area contributed by atoms with Crippen molar-refractivity contribution in [2.75, 3.05) is 0 Å². The summed E-state index contributed by atoms with van der Waals surface area (Å²) in [5, 5.41) is 0. The van der Waals surface area contributed by atoms with Crippen LogP contribution in [0.3, 0.4) is 0 Å². The quantitative estimate of drug-likeness (QED) is 0.546. The van der Waals surface area contributed by atoms with Crippen LogP contribution in [0.2, 0.25) is 0 Å². The average molecular weight is 236 g/mol. The minimum atomic E-state index is -0.341. The molecule has 3 nitrogen and oxygen atoms in total. The first-order valence-corrected chi connectivity index (χ1v) is 6.09. The van der Waals surface area contributed by atoms with Gasteiger partial charge < -0.3 is 4.74 Å². The largest absolute Gasteiger partial charge is 0.458 e. The van der Waals surface area contributed by atoms with Gasteiger partial charge in [0.15, 0.2) is 0 Å². The van der Waals surface area contributed by atoms with Crippen LogP contribution in [0.5, 0.6) is 0 Å². The van der Waals surface area contributed by atoms with E-state index in [9.17, 15) is 9.59 Å². The lowest BCUT2D eigenvalue weighted by Gasteiger charge is -2.37. The summed E-state index contributed by atoms with van der Waals surface area (Å²) in [7, 11) is 0. The summed E-state index contributed by atoms with van der Waals surface area (Å²) in [5.41, 5.74) is 0.116. The van der Waals surface area contributed by atoms with Gasteiger partial charge in [0, 0.05) is 23.3 Å². The van der Waals surface area contributed by atoms with Crippen LogP contribution in [0.25, 0.3) is 0 Å². The SMILES string of the molecule is C=C(C)C(=O)O[C@H]1C[C@H]2C(=O)C[C@]1(C)C2(C)C. The second-order valence-corrected chi connectivity index (χ2v) is 6.24. The molecule has 0 spiro atoms. The first kappa shape index (κ1) is 12.3. The van der Waals surface area contributed by atoms with Gasteiger partial charge in [0.25, 0.3) is 0 Å². The first-order chi connectivity index (χ1) is 7.70. The minimum absolute atomic E-state index is 0.0374. The highest BCUT2D eigenvalue weighted by molar-refractivity contribution is 5.89. The summed E-state index contributed by atoms with van der Waals surface area (Å²) in [6.07, 6.45) is 1.05. The number of hydrogen-bond donors (Lipinski definition) is 0. The molecule has 94 valence electrons. The summed E-state index contributed by atoms with van der Waals surface area (Å²) in [6.45, 7) is 11.5. The van der Waals surface area contributed by atoms with Crippen LogP contribution in [0.1, 0.15) is 40.5 Å². The fourth-order valence-corrected chi connectivity index (χ4v) is 3.35. The molecule has 2 fully saturated rings. The molecule has 2 rings (SSSR count). The second-order valence-electron chi connectivity index (χ2n) is 6.24. The second kappa shape index (κ2) is 3.44. The molecule has 0 aromatic carbocycles. The molecule has 0 aromatic rings. The summed E-state index contributed by atoms with van der Waals surface area (Å²) in [6, 6.07) is 0. The maximum Gasteiger partial charge on any atom is 0.333 e. The summed E-state index contributed by atoms with van der Waals surface area (Å²) in [5.74, 6) is 0.0163. The van der Waals surface area contributed by atoms with Crippen molar-refractivity contribution in [3.63, 3.8) is 0 Å². The van der Waals surface area contributed by atoms with Gasteiger partial charge in [0.1, 0.15) is 11.9 Å². The normalized spacial score (nSPS) is 38.2. The number of Topliss-reactive ketones (excluding diaryl/α,β-unsaturated/α-hetero) is 1. The van der Waals surface area contributed by atoms with E-state index in [2.05, 4.69) is 27.4 Å². The highest BCUT2D eigenvalue weighted by atomic mass is 16.5. The Balaban J connectivity index is 2.23. The van der Waals surface area contributed by atoms with Crippen LogP contribution in [0, 0.1) is 16.7 Å². The molecule has 0 aliphatic heterocycles. The lowest BCUT2D eigenvalue weighted by Crippen LogP contribution is -2.39. The van der Waals surface area contributed by atoms with Gasteiger partial charge >= 0.3 is 5.97 Å². The van der Waals surface area contributed by atoms with E-state index in [0.29, 0.717) is 24.2 Å². The van der Waals surface area contributed by atoms with Crippen LogP contribution >= 0.6 is 0 Å². The van der Waals surface area contributed by atoms with Crippen LogP contribution in [-0.2, 0) is 14.3 Å². The molecule has 0 saturated heterocycles. The smallest absolute Gasteiger partial charge is 0.333 e. The van der Waals surface area contributed by atoms with E-state index in [1.165, 1.54) is 0 Å². The van der Waals surface area contributed by atoms with E-state index < -0.39 is 0 Å². The van der Waals surface area contributed by atoms with E-state index in [-0.39, 0.29) is 28.8 Å². The van der Waals surface area contributed by atoms with Gasteiger partial charge in [-0.2, -0.15) is 0 Å². The molecule has 3 heteroatoms. The molecule has 0 aromatic heterocycles. The number of ketones is 1. The van der Waals surface area contributed by atoms with E-state index in [0.717, 1.165) is 0 Å². The molecule has 2 bridgehead atoms. The molecule has 3 atom stereocenters. The van der Waals surface area contributed by atoms with Gasteiger partial charge in [-0.15, -0.1) is 0 Å². The van der Waals surface area contributed by atoms with Gasteiger partial charge in [0.05, 0.1) is 0 Å². The van der Waals surface area contributed by atoms with Crippen molar-refractivity contribution in [1.82, 2.24) is 0 Å². The summed E-state index contributed by atoms with van der Waals surface area (Å²) >= 11 is 0. The molecule has 2 saturated carbocycles. The van der Waals surface area contributed by atoms with Gasteiger partial charge in [-0.1, -0.05) is 27.4 Å². The molecule has 17 heavy (non-hydrogen) atoms. The molecular weight excluding hydrogens is 216 g/mol. The Hall–Kier alpha value is -1.12. The summed E-state index contributed by atoms with van der Waals surface area (Å²) < 4.78 is 5.50. The zero-order chi connectivity index (χ0) is 13.0. The lowest BCUT2D eigenvalue weighted by atomic mass is 9.70. The van der Waals surface area contributed by atoms with Gasteiger partial charge in [-0.25, -0.2) is 4.79 Å². The number of carbonyl (C=O) groups is 2. The molecule has 2 aliphatic rings. The van der Waals surface area contributed by atoms with Gasteiger partial charge in [-0.05, 0) is 18.8 Å². The van der Waals surface area contributed by atoms with Crippen molar-refractivity contribution >= 4 is 11.8 Å². The van der Waals surface area contributed by atoms with Crippen LogP contribution < -0.4 is 0 Å². The standard InChI is InChI=1S/C14H20O3/c1-8(2)12(16)17-11-6-9-10(15)7-14(11,5)13(9,3)4/h9,11H,1,6-7H2,2-5H3/t9-,11-,14-/m0/s1. The predicted molar refractivity (Wildman–Crippen MR) is 64.3 cm³/mol. The third-order valence-electron chi connectivity index (χ3n) is 5.03. The van der Waals surface area contributed by atoms with Crippen molar-refractivity contribution in [1.29, 1.82) is 0 Å². The Bertz CT molecular complexity index is 408. The maximum atomic E-state index is 11.9. The molecule has 2 aliphatic carbocycles. The maximum absolute atomic E-state index is 11.9. The van der Waals surface area contributed by atoms with E-state index in [1.54, 1.807) is 6.92 Å². The lowest BCUT2D eigenvalue weighted by molar-refractivity contribution is -0.153. The Morgan fingerprint density at radius 1 is 1.41 bits per heavy atom. The minimum Gasteiger partial charge on any atom is -0.458 e. The highest BCUT2D eigenvalue weighted by Crippen LogP contribution is 2.64. The summed E-state index contributed by atoms with van der Waals surface area (Å²) in [4.78, 5) is 23.5. The number of ether oxygens (including phenoxy) is 1.